The number of hydrogen-bond donors (Lipinski definition) is 1. The van der Waals surface area contributed by atoms with E-state index in [-0.39, 0.29) is 5.91 Å². The van der Waals surface area contributed by atoms with E-state index in [4.69, 9.17) is 0 Å². The van der Waals surface area contributed by atoms with Crippen molar-refractivity contribution in [3.05, 3.63) is 0 Å². The van der Waals surface area contributed by atoms with Crippen LogP contribution in [0, 0.1) is 0 Å². The summed E-state index contributed by atoms with van der Waals surface area (Å²) in [5, 5.41) is 2.99. The van der Waals surface area contributed by atoms with Crippen LogP contribution < -0.4 is 5.32 Å². The Morgan fingerprint density at radius 3 is 2.24 bits per heavy atom. The third-order valence-corrected chi connectivity index (χ3v) is 3.15. The molecule has 0 aliphatic rings. The van der Waals surface area contributed by atoms with E-state index in [0.717, 1.165) is 32.6 Å². The summed E-state index contributed by atoms with van der Waals surface area (Å²) in [5.41, 5.74) is 0. The normalized spacial score (nSPS) is 10.8. The molecule has 1 N–H and O–H groups in total. The molecular weight excluding hydrogens is 212 g/mol. The van der Waals surface area contributed by atoms with Crippen molar-refractivity contribution in [1.29, 1.82) is 0 Å². The van der Waals surface area contributed by atoms with Crippen LogP contribution in [0.15, 0.2) is 0 Å². The van der Waals surface area contributed by atoms with Crippen LogP contribution in [0.3, 0.4) is 0 Å². The molecule has 0 atom stereocenters. The predicted octanol–water partition coefficient (Wildman–Crippen LogP) is 2.80. The van der Waals surface area contributed by atoms with E-state index < -0.39 is 0 Å². The summed E-state index contributed by atoms with van der Waals surface area (Å²) in [7, 11) is 0. The highest BCUT2D eigenvalue weighted by atomic mass is 16.1. The second-order valence-corrected chi connectivity index (χ2v) is 4.54. The van der Waals surface area contributed by atoms with Crippen LogP contribution in [0.25, 0.3) is 0 Å². The highest BCUT2D eigenvalue weighted by Gasteiger charge is 2.02. The Hall–Kier alpha value is -0.570. The number of likely N-dealkylation sites (N-methyl/N-ethyl adjacent to an activating group) is 1. The van der Waals surface area contributed by atoms with Gasteiger partial charge >= 0.3 is 0 Å². The summed E-state index contributed by atoms with van der Waals surface area (Å²) in [6.45, 7) is 10.4. The van der Waals surface area contributed by atoms with Gasteiger partial charge in [0.15, 0.2) is 0 Å². The molecule has 0 saturated carbocycles. The van der Waals surface area contributed by atoms with Crippen molar-refractivity contribution in [1.82, 2.24) is 10.2 Å². The average Bonchev–Trinajstić information content (AvgIpc) is 2.34. The fourth-order valence-electron chi connectivity index (χ4n) is 1.87. The first-order chi connectivity index (χ1) is 8.24. The van der Waals surface area contributed by atoms with Crippen LogP contribution in [-0.2, 0) is 4.79 Å². The van der Waals surface area contributed by atoms with Crippen LogP contribution >= 0.6 is 0 Å². The van der Waals surface area contributed by atoms with Gasteiger partial charge in [0, 0.05) is 19.5 Å². The summed E-state index contributed by atoms with van der Waals surface area (Å²) < 4.78 is 0. The van der Waals surface area contributed by atoms with Crippen LogP contribution in [0.1, 0.15) is 59.3 Å². The Morgan fingerprint density at radius 2 is 1.65 bits per heavy atom. The molecule has 0 spiro atoms. The zero-order valence-corrected chi connectivity index (χ0v) is 11.9. The standard InChI is InChI=1S/C14H30N2O/c1-4-7-8-9-10-11-14(17)15-12-13-16(5-2)6-3/h4-13H2,1-3H3,(H,15,17). The molecule has 0 heterocycles. The Morgan fingerprint density at radius 1 is 1.00 bits per heavy atom. The van der Waals surface area contributed by atoms with Crippen molar-refractivity contribution in [2.45, 2.75) is 59.3 Å². The molecule has 0 unspecified atom stereocenters. The third-order valence-electron chi connectivity index (χ3n) is 3.15. The fraction of sp³-hybridized carbons (Fsp3) is 0.929. The molecule has 0 saturated heterocycles. The number of hydrogen-bond acceptors (Lipinski definition) is 2. The van der Waals surface area contributed by atoms with Gasteiger partial charge in [-0.2, -0.15) is 0 Å². The van der Waals surface area contributed by atoms with Crippen molar-refractivity contribution in [3.63, 3.8) is 0 Å². The molecule has 0 aliphatic carbocycles. The molecule has 0 bridgehead atoms. The van der Waals surface area contributed by atoms with E-state index in [1.165, 1.54) is 25.7 Å². The molecule has 0 aromatic heterocycles. The number of carbonyl (C=O) groups excluding carboxylic acids is 1. The van der Waals surface area contributed by atoms with Gasteiger partial charge in [-0.1, -0.05) is 46.5 Å². The van der Waals surface area contributed by atoms with Gasteiger partial charge in [0.05, 0.1) is 0 Å². The zero-order valence-electron chi connectivity index (χ0n) is 11.9. The number of rotatable bonds is 11. The van der Waals surface area contributed by atoms with E-state index in [0.29, 0.717) is 6.42 Å². The first-order valence-electron chi connectivity index (χ1n) is 7.23. The Kier molecular flexibility index (Phi) is 11.5. The van der Waals surface area contributed by atoms with Gasteiger partial charge in [-0.15, -0.1) is 0 Å². The smallest absolute Gasteiger partial charge is 0.220 e. The quantitative estimate of drug-likeness (QED) is 0.565. The lowest BCUT2D eigenvalue weighted by Gasteiger charge is -2.17. The van der Waals surface area contributed by atoms with Crippen LogP contribution in [0.2, 0.25) is 0 Å². The van der Waals surface area contributed by atoms with Gasteiger partial charge in [0.25, 0.3) is 0 Å². The largest absolute Gasteiger partial charge is 0.355 e. The van der Waals surface area contributed by atoms with Gasteiger partial charge in [-0.25, -0.2) is 0 Å². The highest BCUT2D eigenvalue weighted by Crippen LogP contribution is 2.04. The SMILES string of the molecule is CCCCCCCC(=O)NCCN(CC)CC. The molecule has 0 fully saturated rings. The summed E-state index contributed by atoms with van der Waals surface area (Å²) in [4.78, 5) is 13.8. The molecule has 1 amide bonds. The maximum absolute atomic E-state index is 11.5. The van der Waals surface area contributed by atoms with E-state index in [1.807, 2.05) is 0 Å². The molecule has 3 nitrogen and oxygen atoms in total. The molecule has 0 rings (SSSR count). The summed E-state index contributed by atoms with van der Waals surface area (Å²) in [5.74, 6) is 0.216. The van der Waals surface area contributed by atoms with Crippen molar-refractivity contribution >= 4 is 5.91 Å². The second kappa shape index (κ2) is 11.9. The van der Waals surface area contributed by atoms with Gasteiger partial charge < -0.3 is 10.2 Å². The number of amides is 1. The predicted molar refractivity (Wildman–Crippen MR) is 74.2 cm³/mol. The van der Waals surface area contributed by atoms with Crippen LogP contribution in [-0.4, -0.2) is 37.0 Å². The minimum atomic E-state index is 0.216. The number of unbranched alkanes of at least 4 members (excludes halogenated alkanes) is 4. The number of nitrogens with zero attached hydrogens (tertiary/aromatic N) is 1. The molecule has 102 valence electrons. The van der Waals surface area contributed by atoms with E-state index in [9.17, 15) is 4.79 Å². The van der Waals surface area contributed by atoms with Gasteiger partial charge in [-0.3, -0.25) is 4.79 Å². The number of nitrogens with one attached hydrogen (secondary N) is 1. The van der Waals surface area contributed by atoms with Crippen molar-refractivity contribution in [3.8, 4) is 0 Å². The zero-order chi connectivity index (χ0) is 12.9. The van der Waals surface area contributed by atoms with Crippen LogP contribution in [0.4, 0.5) is 0 Å². The molecular formula is C14H30N2O. The number of carbonyl (C=O) groups is 1. The molecule has 17 heavy (non-hydrogen) atoms. The first kappa shape index (κ1) is 16.4. The maximum atomic E-state index is 11.5. The Balaban J connectivity index is 3.34. The topological polar surface area (TPSA) is 32.3 Å². The minimum absolute atomic E-state index is 0.216. The van der Waals surface area contributed by atoms with Crippen LogP contribution in [0.5, 0.6) is 0 Å². The molecule has 0 aliphatic heterocycles. The van der Waals surface area contributed by atoms with Crippen molar-refractivity contribution in [2.75, 3.05) is 26.2 Å². The maximum Gasteiger partial charge on any atom is 0.220 e. The van der Waals surface area contributed by atoms with Crippen molar-refractivity contribution in [2.24, 2.45) is 0 Å². The van der Waals surface area contributed by atoms with Gasteiger partial charge in [0.1, 0.15) is 0 Å². The van der Waals surface area contributed by atoms with E-state index in [1.54, 1.807) is 0 Å². The summed E-state index contributed by atoms with van der Waals surface area (Å²) in [6.07, 6.45) is 6.75. The molecule has 0 radical (unpaired) electrons. The summed E-state index contributed by atoms with van der Waals surface area (Å²) in [6, 6.07) is 0. The van der Waals surface area contributed by atoms with Crippen molar-refractivity contribution < 1.29 is 4.79 Å². The van der Waals surface area contributed by atoms with E-state index in [2.05, 4.69) is 31.0 Å². The Labute approximate surface area is 107 Å². The molecule has 3 heteroatoms. The minimum Gasteiger partial charge on any atom is -0.355 e. The van der Waals surface area contributed by atoms with E-state index >= 15 is 0 Å². The van der Waals surface area contributed by atoms with Gasteiger partial charge in [-0.05, 0) is 19.5 Å². The lowest BCUT2D eigenvalue weighted by atomic mass is 10.1. The third kappa shape index (κ3) is 10.3. The average molecular weight is 242 g/mol. The van der Waals surface area contributed by atoms with Gasteiger partial charge in [0.2, 0.25) is 5.91 Å². The highest BCUT2D eigenvalue weighted by molar-refractivity contribution is 5.75. The molecule has 0 aromatic carbocycles. The fourth-order valence-corrected chi connectivity index (χ4v) is 1.87. The first-order valence-corrected chi connectivity index (χ1v) is 7.23. The second-order valence-electron chi connectivity index (χ2n) is 4.54. The monoisotopic (exact) mass is 242 g/mol. The lowest BCUT2D eigenvalue weighted by Crippen LogP contribution is -2.34. The lowest BCUT2D eigenvalue weighted by molar-refractivity contribution is -0.121. The molecule has 0 aromatic rings. The Bertz CT molecular complexity index is 179. The summed E-state index contributed by atoms with van der Waals surface area (Å²) >= 11 is 0.